The summed E-state index contributed by atoms with van der Waals surface area (Å²) in [5, 5.41) is 12.2. The summed E-state index contributed by atoms with van der Waals surface area (Å²) in [5.41, 5.74) is 13.5. The molecule has 2 aromatic heterocycles. The second-order valence-electron chi connectivity index (χ2n) is 15.1. The Bertz CT molecular complexity index is 3390. The zero-order chi connectivity index (χ0) is 37.3. The number of aryl methyl sites for hydroxylation is 2. The van der Waals surface area contributed by atoms with Crippen LogP contribution in [0, 0.1) is 13.8 Å². The van der Waals surface area contributed by atoms with Gasteiger partial charge in [-0.3, -0.25) is 9.97 Å². The van der Waals surface area contributed by atoms with Crippen molar-refractivity contribution in [3.8, 4) is 44.5 Å². The minimum absolute atomic E-state index is 0.949. The summed E-state index contributed by atoms with van der Waals surface area (Å²) in [6.45, 7) is 4.12. The summed E-state index contributed by atoms with van der Waals surface area (Å²) >= 11 is 0. The lowest BCUT2D eigenvalue weighted by Gasteiger charge is -2.19. The molecule has 0 fully saturated rings. The van der Waals surface area contributed by atoms with Crippen molar-refractivity contribution in [1.29, 1.82) is 0 Å². The minimum Gasteiger partial charge on any atom is -0.251 e. The fraction of sp³-hybridized carbons (Fsp3) is 0.0370. The predicted octanol–water partition coefficient (Wildman–Crippen LogP) is 14.7. The van der Waals surface area contributed by atoms with Gasteiger partial charge in [0.1, 0.15) is 0 Å². The molecule has 11 aromatic rings. The maximum atomic E-state index is 5.02. The van der Waals surface area contributed by atoms with Crippen LogP contribution in [0.2, 0.25) is 0 Å². The van der Waals surface area contributed by atoms with Crippen molar-refractivity contribution in [2.75, 3.05) is 0 Å². The van der Waals surface area contributed by atoms with E-state index in [1.54, 1.807) is 0 Å². The number of benzene rings is 9. The lowest BCUT2D eigenvalue weighted by atomic mass is 9.84. The Hall–Kier alpha value is -7.16. The van der Waals surface area contributed by atoms with Crippen molar-refractivity contribution in [2.24, 2.45) is 0 Å². The number of nitrogens with zero attached hydrogens (tertiary/aromatic N) is 2. The molecule has 262 valence electrons. The molecule has 0 saturated heterocycles. The predicted molar refractivity (Wildman–Crippen MR) is 238 cm³/mol. The van der Waals surface area contributed by atoms with Crippen molar-refractivity contribution in [3.05, 3.63) is 193 Å². The van der Waals surface area contributed by atoms with Crippen LogP contribution < -0.4 is 0 Å². The molecule has 0 spiro atoms. The average Bonchev–Trinajstić information content (AvgIpc) is 3.24. The Morgan fingerprint density at radius 2 is 0.804 bits per heavy atom. The highest BCUT2D eigenvalue weighted by atomic mass is 14.8. The number of hydrogen-bond donors (Lipinski definition) is 0. The van der Waals surface area contributed by atoms with Crippen molar-refractivity contribution in [3.63, 3.8) is 0 Å². The fourth-order valence-corrected chi connectivity index (χ4v) is 8.87. The standard InChI is InChI=1S/C54H36N2/c1-33-18-19-37-24-27-48-49(28-34(2)56-54(48)53(37)55-33)42-15-9-14-40(29-42)41-25-26-47-50(32-41)52(44-23-21-36-11-4-6-13-39(36)31-44)46-17-8-7-16-45(46)51(47)43-22-20-35-10-3-5-12-38(35)30-43/h3-32H,1-2H3. The highest BCUT2D eigenvalue weighted by Gasteiger charge is 2.19. The molecule has 0 atom stereocenters. The van der Waals surface area contributed by atoms with Crippen LogP contribution in [0.3, 0.4) is 0 Å². The first kappa shape index (κ1) is 32.3. The van der Waals surface area contributed by atoms with Crippen LogP contribution in [0.15, 0.2) is 182 Å². The topological polar surface area (TPSA) is 25.8 Å². The maximum absolute atomic E-state index is 5.02. The second-order valence-corrected chi connectivity index (χ2v) is 15.1. The van der Waals surface area contributed by atoms with Crippen molar-refractivity contribution < 1.29 is 0 Å². The Morgan fingerprint density at radius 1 is 0.286 bits per heavy atom. The molecule has 0 amide bonds. The van der Waals surface area contributed by atoms with Gasteiger partial charge in [0.05, 0.1) is 11.0 Å². The Labute approximate surface area is 325 Å². The zero-order valence-corrected chi connectivity index (χ0v) is 31.2. The number of pyridine rings is 2. The van der Waals surface area contributed by atoms with Crippen LogP contribution in [0.4, 0.5) is 0 Å². The monoisotopic (exact) mass is 712 g/mol. The summed E-state index contributed by atoms with van der Waals surface area (Å²) in [5.74, 6) is 0. The third-order valence-corrected chi connectivity index (χ3v) is 11.5. The van der Waals surface area contributed by atoms with Gasteiger partial charge >= 0.3 is 0 Å². The largest absolute Gasteiger partial charge is 0.251 e. The molecular formula is C54H36N2. The highest BCUT2D eigenvalue weighted by molar-refractivity contribution is 6.22. The van der Waals surface area contributed by atoms with Gasteiger partial charge in [0, 0.05) is 22.2 Å². The number of hydrogen-bond acceptors (Lipinski definition) is 2. The number of rotatable bonds is 4. The molecule has 0 aliphatic rings. The van der Waals surface area contributed by atoms with Crippen molar-refractivity contribution in [1.82, 2.24) is 9.97 Å². The third-order valence-electron chi connectivity index (χ3n) is 11.5. The molecule has 0 aliphatic carbocycles. The SMILES string of the molecule is Cc1ccc2ccc3c(-c4cccc(-c5ccc6c(-c7ccc8ccccc8c7)c7ccccc7c(-c7ccc8ccccc8c7)c6c5)c4)cc(C)nc3c2n1. The van der Waals surface area contributed by atoms with Gasteiger partial charge in [-0.05, 0) is 138 Å². The summed E-state index contributed by atoms with van der Waals surface area (Å²) in [7, 11) is 0. The van der Waals surface area contributed by atoms with Crippen molar-refractivity contribution in [2.45, 2.75) is 13.8 Å². The van der Waals surface area contributed by atoms with Crippen LogP contribution in [-0.4, -0.2) is 9.97 Å². The molecule has 11 rings (SSSR count). The summed E-state index contributed by atoms with van der Waals surface area (Å²) in [6, 6.07) is 66.9. The number of fused-ring (bicyclic) bond motifs is 7. The van der Waals surface area contributed by atoms with E-state index in [9.17, 15) is 0 Å². The molecule has 56 heavy (non-hydrogen) atoms. The molecule has 0 unspecified atom stereocenters. The van der Waals surface area contributed by atoms with E-state index in [2.05, 4.69) is 189 Å². The molecule has 0 saturated carbocycles. The van der Waals surface area contributed by atoms with E-state index in [0.717, 1.165) is 38.8 Å². The van der Waals surface area contributed by atoms with Gasteiger partial charge < -0.3 is 0 Å². The highest BCUT2D eigenvalue weighted by Crippen LogP contribution is 2.46. The second kappa shape index (κ2) is 12.7. The third kappa shape index (κ3) is 5.26. The summed E-state index contributed by atoms with van der Waals surface area (Å²) < 4.78 is 0. The first-order chi connectivity index (χ1) is 27.6. The maximum Gasteiger partial charge on any atom is 0.0974 e. The Balaban J connectivity index is 1.16. The fourth-order valence-electron chi connectivity index (χ4n) is 8.87. The molecule has 2 nitrogen and oxygen atoms in total. The number of aromatic nitrogens is 2. The molecule has 0 aliphatic heterocycles. The van der Waals surface area contributed by atoms with E-state index < -0.39 is 0 Å². The summed E-state index contributed by atoms with van der Waals surface area (Å²) in [4.78, 5) is 9.94. The lowest BCUT2D eigenvalue weighted by Crippen LogP contribution is -1.93. The quantitative estimate of drug-likeness (QED) is 0.134. The molecular weight excluding hydrogens is 677 g/mol. The van der Waals surface area contributed by atoms with E-state index in [1.807, 2.05) is 6.92 Å². The first-order valence-electron chi connectivity index (χ1n) is 19.3. The van der Waals surface area contributed by atoms with Crippen molar-refractivity contribution >= 4 is 64.9 Å². The van der Waals surface area contributed by atoms with E-state index in [4.69, 9.17) is 9.97 Å². The Morgan fingerprint density at radius 3 is 1.52 bits per heavy atom. The van der Waals surface area contributed by atoms with Gasteiger partial charge in [-0.1, -0.05) is 146 Å². The van der Waals surface area contributed by atoms with E-state index in [1.165, 1.54) is 82.0 Å². The van der Waals surface area contributed by atoms with E-state index >= 15 is 0 Å². The van der Waals surface area contributed by atoms with Gasteiger partial charge in [0.25, 0.3) is 0 Å². The van der Waals surface area contributed by atoms with Gasteiger partial charge in [0.2, 0.25) is 0 Å². The molecule has 9 aromatic carbocycles. The van der Waals surface area contributed by atoms with Gasteiger partial charge in [-0.15, -0.1) is 0 Å². The average molecular weight is 713 g/mol. The van der Waals surface area contributed by atoms with Crippen LogP contribution in [-0.2, 0) is 0 Å². The normalized spacial score (nSPS) is 11.8. The van der Waals surface area contributed by atoms with Crippen LogP contribution >= 0.6 is 0 Å². The van der Waals surface area contributed by atoms with Gasteiger partial charge in [-0.25, -0.2) is 0 Å². The van der Waals surface area contributed by atoms with E-state index in [-0.39, 0.29) is 0 Å². The first-order valence-corrected chi connectivity index (χ1v) is 19.3. The van der Waals surface area contributed by atoms with Crippen LogP contribution in [0.1, 0.15) is 11.4 Å². The lowest BCUT2D eigenvalue weighted by molar-refractivity contribution is 1.23. The van der Waals surface area contributed by atoms with Gasteiger partial charge in [-0.2, -0.15) is 0 Å². The Kier molecular flexibility index (Phi) is 7.33. The molecule has 2 heteroatoms. The molecule has 2 heterocycles. The van der Waals surface area contributed by atoms with Crippen LogP contribution in [0.25, 0.3) is 109 Å². The van der Waals surface area contributed by atoms with Crippen LogP contribution in [0.5, 0.6) is 0 Å². The van der Waals surface area contributed by atoms with Gasteiger partial charge in [0.15, 0.2) is 0 Å². The summed E-state index contributed by atoms with van der Waals surface area (Å²) in [6.07, 6.45) is 0. The van der Waals surface area contributed by atoms with E-state index in [0.29, 0.717) is 0 Å². The molecule has 0 radical (unpaired) electrons. The zero-order valence-electron chi connectivity index (χ0n) is 31.2. The minimum atomic E-state index is 0.949. The molecule has 0 N–H and O–H groups in total. The molecule has 0 bridgehead atoms. The smallest absolute Gasteiger partial charge is 0.0974 e.